The monoisotopic (exact) mass is 460 g/mol. The van der Waals surface area contributed by atoms with Gasteiger partial charge in [-0.25, -0.2) is 0 Å². The van der Waals surface area contributed by atoms with Gasteiger partial charge in [-0.15, -0.1) is 0 Å². The third-order valence-electron chi connectivity index (χ3n) is 4.56. The molecule has 1 aliphatic rings. The van der Waals surface area contributed by atoms with Crippen molar-refractivity contribution < 1.29 is 33.4 Å². The summed E-state index contributed by atoms with van der Waals surface area (Å²) in [6.07, 6.45) is -0.406. The van der Waals surface area contributed by atoms with Gasteiger partial charge in [-0.3, -0.25) is 19.2 Å². The van der Waals surface area contributed by atoms with Crippen LogP contribution in [0.1, 0.15) is 31.7 Å². The van der Waals surface area contributed by atoms with Crippen LogP contribution in [0.15, 0.2) is 34.9 Å². The Bertz CT molecular complexity index is 950. The number of nitrogens with zero attached hydrogens (tertiary/aromatic N) is 1. The second-order valence-corrected chi connectivity index (χ2v) is 7.62. The molecule has 0 aliphatic carbocycles. The molecule has 170 valence electrons. The second kappa shape index (κ2) is 11.9. The van der Waals surface area contributed by atoms with E-state index in [1.807, 2.05) is 6.92 Å². The lowest BCUT2D eigenvalue weighted by Crippen LogP contribution is -2.44. The van der Waals surface area contributed by atoms with E-state index in [0.29, 0.717) is 17.9 Å². The summed E-state index contributed by atoms with van der Waals surface area (Å²) < 4.78 is 15.0. The number of benzene rings is 1. The van der Waals surface area contributed by atoms with Gasteiger partial charge in [0.05, 0.1) is 42.7 Å². The number of allylic oxidation sites excluding steroid dienone is 1. The van der Waals surface area contributed by atoms with Gasteiger partial charge in [0.15, 0.2) is 5.78 Å². The number of thioether (sulfide) groups is 1. The minimum absolute atomic E-state index is 0.123. The second-order valence-electron chi connectivity index (χ2n) is 6.63. The molecule has 1 heterocycles. The number of Topliss-reactive ketones (excluding diaryl/α,β-unsaturated/α-hetero) is 1. The number of carbonyl (C=O) groups is 4. The van der Waals surface area contributed by atoms with Gasteiger partial charge in [0, 0.05) is 5.92 Å². The molecule has 0 radical (unpaired) electrons. The van der Waals surface area contributed by atoms with E-state index in [1.54, 1.807) is 31.2 Å². The van der Waals surface area contributed by atoms with Crippen LogP contribution in [-0.4, -0.2) is 49.7 Å². The highest BCUT2D eigenvalue weighted by Gasteiger charge is 2.44. The van der Waals surface area contributed by atoms with Crippen LogP contribution in [0.2, 0.25) is 0 Å². The van der Waals surface area contributed by atoms with Crippen molar-refractivity contribution in [2.24, 2.45) is 5.92 Å². The molecule has 10 heteroatoms. The largest absolute Gasteiger partial charge is 0.494 e. The zero-order valence-electron chi connectivity index (χ0n) is 18.0. The van der Waals surface area contributed by atoms with Crippen molar-refractivity contribution in [3.8, 4) is 11.8 Å². The molecule has 2 rings (SSSR count). The standard InChI is InChI=1S/C22H24N2O7S/c1-4-30-15-8-6-13(7-9-15)18-16(11-23)21(24-20(27)19(18)22(28)29-3)32-12-14(25)10-17(26)31-5-2/h6-9,18-19H,4-5,10,12H2,1-3H3,(H,24,27)/t18-,19+/m1/s1. The van der Waals surface area contributed by atoms with E-state index in [4.69, 9.17) is 14.2 Å². The van der Waals surface area contributed by atoms with Crippen molar-refractivity contribution in [3.63, 3.8) is 0 Å². The molecule has 1 N–H and O–H groups in total. The Morgan fingerprint density at radius 1 is 1.16 bits per heavy atom. The number of nitrogens with one attached hydrogen (secondary N) is 1. The molecule has 0 bridgehead atoms. The highest BCUT2D eigenvalue weighted by Crippen LogP contribution is 2.40. The molecule has 2 atom stereocenters. The molecule has 0 unspecified atom stereocenters. The van der Waals surface area contributed by atoms with Crippen molar-refractivity contribution in [2.45, 2.75) is 26.2 Å². The van der Waals surface area contributed by atoms with Crippen LogP contribution >= 0.6 is 11.8 Å². The number of carbonyl (C=O) groups excluding carboxylic acids is 4. The minimum atomic E-state index is -1.27. The van der Waals surface area contributed by atoms with Gasteiger partial charge in [-0.1, -0.05) is 23.9 Å². The fourth-order valence-electron chi connectivity index (χ4n) is 3.19. The molecule has 0 aromatic heterocycles. The van der Waals surface area contributed by atoms with E-state index < -0.39 is 41.9 Å². The maximum absolute atomic E-state index is 12.8. The van der Waals surface area contributed by atoms with Crippen LogP contribution in [0.4, 0.5) is 0 Å². The molecule has 1 aromatic carbocycles. The van der Waals surface area contributed by atoms with Gasteiger partial charge in [-0.2, -0.15) is 5.26 Å². The molecule has 9 nitrogen and oxygen atoms in total. The number of methoxy groups -OCH3 is 1. The Kier molecular flexibility index (Phi) is 9.28. The summed E-state index contributed by atoms with van der Waals surface area (Å²) in [5.74, 6) is -4.21. The highest BCUT2D eigenvalue weighted by atomic mass is 32.2. The molecule has 0 spiro atoms. The molecular weight excluding hydrogens is 436 g/mol. The highest BCUT2D eigenvalue weighted by molar-refractivity contribution is 8.03. The number of hydrogen-bond donors (Lipinski definition) is 1. The number of amides is 1. The van der Waals surface area contributed by atoms with Crippen LogP contribution in [0, 0.1) is 17.2 Å². The number of rotatable bonds is 10. The molecule has 32 heavy (non-hydrogen) atoms. The first-order chi connectivity index (χ1) is 15.4. The molecule has 1 amide bonds. The summed E-state index contributed by atoms with van der Waals surface area (Å²) in [4.78, 5) is 48.8. The van der Waals surface area contributed by atoms with Crippen LogP contribution in [0.5, 0.6) is 5.75 Å². The van der Waals surface area contributed by atoms with Gasteiger partial charge in [0.1, 0.15) is 18.1 Å². The van der Waals surface area contributed by atoms with E-state index in [1.165, 1.54) is 7.11 Å². The number of nitriles is 1. The van der Waals surface area contributed by atoms with Crippen molar-refractivity contribution in [1.29, 1.82) is 5.26 Å². The zero-order valence-corrected chi connectivity index (χ0v) is 18.8. The lowest BCUT2D eigenvalue weighted by Gasteiger charge is -2.31. The van der Waals surface area contributed by atoms with E-state index >= 15 is 0 Å². The van der Waals surface area contributed by atoms with Gasteiger partial charge in [0.2, 0.25) is 5.91 Å². The SMILES string of the molecule is CCOC(=O)CC(=O)CSC1=C(C#N)[C@@H](c2ccc(OCC)cc2)[C@H](C(=O)OC)C(=O)N1. The number of ether oxygens (including phenoxy) is 3. The minimum Gasteiger partial charge on any atom is -0.494 e. The predicted molar refractivity (Wildman–Crippen MR) is 115 cm³/mol. The Morgan fingerprint density at radius 2 is 1.84 bits per heavy atom. The third-order valence-corrected chi connectivity index (χ3v) is 5.64. The smallest absolute Gasteiger partial charge is 0.319 e. The summed E-state index contributed by atoms with van der Waals surface area (Å²) in [6.45, 7) is 4.12. The molecule has 1 aromatic rings. The average molecular weight is 461 g/mol. The van der Waals surface area contributed by atoms with Crippen LogP contribution < -0.4 is 10.1 Å². The van der Waals surface area contributed by atoms with E-state index in [-0.39, 0.29) is 23.0 Å². The first-order valence-corrected chi connectivity index (χ1v) is 10.9. The number of ketones is 1. The van der Waals surface area contributed by atoms with Crippen LogP contribution in [0.3, 0.4) is 0 Å². The number of hydrogen-bond acceptors (Lipinski definition) is 9. The lowest BCUT2D eigenvalue weighted by molar-refractivity contribution is -0.151. The summed E-state index contributed by atoms with van der Waals surface area (Å²) >= 11 is 0.924. The van der Waals surface area contributed by atoms with Crippen molar-refractivity contribution in [3.05, 3.63) is 40.4 Å². The molecule has 0 saturated carbocycles. The van der Waals surface area contributed by atoms with Gasteiger partial charge >= 0.3 is 11.9 Å². The quantitative estimate of drug-likeness (QED) is 0.412. The summed E-state index contributed by atoms with van der Waals surface area (Å²) in [5.41, 5.74) is 0.671. The van der Waals surface area contributed by atoms with Crippen LogP contribution in [0.25, 0.3) is 0 Å². The zero-order chi connectivity index (χ0) is 23.7. The van der Waals surface area contributed by atoms with Crippen LogP contribution in [-0.2, 0) is 28.7 Å². The number of esters is 2. The lowest BCUT2D eigenvalue weighted by atomic mass is 9.78. The van der Waals surface area contributed by atoms with Crippen molar-refractivity contribution in [2.75, 3.05) is 26.1 Å². The Hall–Kier alpha value is -3.32. The summed E-state index contributed by atoms with van der Waals surface area (Å²) in [7, 11) is 1.17. The topological polar surface area (TPSA) is 132 Å². The van der Waals surface area contributed by atoms with Crippen molar-refractivity contribution in [1.82, 2.24) is 5.32 Å². The van der Waals surface area contributed by atoms with E-state index in [9.17, 15) is 24.4 Å². The Balaban J connectivity index is 2.37. The molecule has 0 fully saturated rings. The van der Waals surface area contributed by atoms with Gasteiger partial charge in [-0.05, 0) is 31.5 Å². The van der Waals surface area contributed by atoms with Gasteiger partial charge < -0.3 is 19.5 Å². The third kappa shape index (κ3) is 6.11. The predicted octanol–water partition coefficient (Wildman–Crippen LogP) is 2.08. The maximum atomic E-state index is 12.8. The summed E-state index contributed by atoms with van der Waals surface area (Å²) in [5, 5.41) is 12.6. The first kappa shape index (κ1) is 24.9. The Morgan fingerprint density at radius 3 is 2.41 bits per heavy atom. The molecule has 0 saturated heterocycles. The van der Waals surface area contributed by atoms with Gasteiger partial charge in [0.25, 0.3) is 0 Å². The fraction of sp³-hybridized carbons (Fsp3) is 0.409. The molecular formula is C22H24N2O7S. The van der Waals surface area contributed by atoms with Crippen molar-refractivity contribution >= 4 is 35.4 Å². The fourth-order valence-corrected chi connectivity index (χ4v) is 4.10. The maximum Gasteiger partial charge on any atom is 0.319 e. The first-order valence-electron chi connectivity index (χ1n) is 9.92. The van der Waals surface area contributed by atoms with E-state index in [2.05, 4.69) is 11.4 Å². The van der Waals surface area contributed by atoms with E-state index in [0.717, 1.165) is 11.8 Å². The Labute approximate surface area is 190 Å². The summed E-state index contributed by atoms with van der Waals surface area (Å²) in [6, 6.07) is 8.78. The average Bonchev–Trinajstić information content (AvgIpc) is 2.77. The molecule has 1 aliphatic heterocycles. The normalized spacial score (nSPS) is 17.8.